The van der Waals surface area contributed by atoms with E-state index in [9.17, 15) is 18.0 Å². The zero-order chi connectivity index (χ0) is 15.8. The normalized spacial score (nSPS) is 15.3. The molecule has 0 atom stereocenters. The fraction of sp³-hybridized carbons (Fsp3) is 0.615. The molecule has 0 spiro atoms. The van der Waals surface area contributed by atoms with Crippen LogP contribution in [-0.2, 0) is 0 Å². The minimum atomic E-state index is -4.19. The average molecular weight is 338 g/mol. The van der Waals surface area contributed by atoms with Gasteiger partial charge in [-0.25, -0.2) is 0 Å². The Kier molecular flexibility index (Phi) is 4.77. The van der Waals surface area contributed by atoms with E-state index in [1.54, 1.807) is 7.05 Å². The summed E-state index contributed by atoms with van der Waals surface area (Å²) in [5.74, 6) is 0.0808. The van der Waals surface area contributed by atoms with E-state index in [0.717, 1.165) is 12.8 Å². The van der Waals surface area contributed by atoms with Crippen molar-refractivity contribution in [2.24, 2.45) is 5.92 Å². The Hall–Kier alpha value is -0.890. The molecule has 1 heterocycles. The van der Waals surface area contributed by atoms with Crippen LogP contribution in [0.2, 0.25) is 0 Å². The largest absolute Gasteiger partial charge is 0.396 e. The number of anilines is 2. The molecule has 2 N–H and O–H groups in total. The number of hydrogen-bond acceptors (Lipinski definition) is 5. The van der Waals surface area contributed by atoms with Crippen molar-refractivity contribution in [2.45, 2.75) is 30.3 Å². The number of Topliss-reactive ketones (excluding diaryl/α,β-unsaturated/α-hetero) is 1. The van der Waals surface area contributed by atoms with Crippen LogP contribution in [0.1, 0.15) is 28.9 Å². The lowest BCUT2D eigenvalue weighted by atomic mass is 10.2. The first-order valence-corrected chi connectivity index (χ1v) is 8.57. The van der Waals surface area contributed by atoms with E-state index in [1.807, 2.05) is 6.26 Å². The van der Waals surface area contributed by atoms with Gasteiger partial charge in [-0.2, -0.15) is 13.2 Å². The van der Waals surface area contributed by atoms with E-state index in [0.29, 0.717) is 20.5 Å². The number of alkyl halides is 3. The SMILES string of the molecule is CSc1c(N(C)CCC(F)(F)F)sc(C(=O)C2CC2)c1N. The number of nitrogen functional groups attached to an aromatic ring is 1. The van der Waals surface area contributed by atoms with Crippen LogP contribution in [0.5, 0.6) is 0 Å². The summed E-state index contributed by atoms with van der Waals surface area (Å²) in [4.78, 5) is 14.9. The molecule has 1 aromatic heterocycles. The van der Waals surface area contributed by atoms with E-state index in [2.05, 4.69) is 0 Å². The number of rotatable bonds is 6. The van der Waals surface area contributed by atoms with Gasteiger partial charge in [-0.3, -0.25) is 4.79 Å². The first-order valence-electron chi connectivity index (χ1n) is 6.53. The van der Waals surface area contributed by atoms with Gasteiger partial charge >= 0.3 is 6.18 Å². The van der Waals surface area contributed by atoms with Gasteiger partial charge in [0.25, 0.3) is 0 Å². The third kappa shape index (κ3) is 3.85. The van der Waals surface area contributed by atoms with Crippen molar-refractivity contribution in [3.63, 3.8) is 0 Å². The molecule has 0 aromatic carbocycles. The lowest BCUT2D eigenvalue weighted by Gasteiger charge is -2.19. The van der Waals surface area contributed by atoms with Gasteiger partial charge in [0.2, 0.25) is 0 Å². The number of carbonyl (C=O) groups excluding carboxylic acids is 1. The summed E-state index contributed by atoms with van der Waals surface area (Å²) >= 11 is 2.57. The van der Waals surface area contributed by atoms with Gasteiger partial charge in [-0.15, -0.1) is 23.1 Å². The maximum atomic E-state index is 12.3. The smallest absolute Gasteiger partial charge is 0.390 e. The molecular formula is C13H17F3N2OS2. The summed E-state index contributed by atoms with van der Waals surface area (Å²) in [5.41, 5.74) is 6.44. The number of thiophene rings is 1. The number of ketones is 1. The summed E-state index contributed by atoms with van der Waals surface area (Å²) in [5, 5.41) is 0.647. The second-order valence-corrected chi connectivity index (χ2v) is 6.92. The highest BCUT2D eigenvalue weighted by atomic mass is 32.2. The summed E-state index contributed by atoms with van der Waals surface area (Å²) < 4.78 is 37.0. The zero-order valence-corrected chi connectivity index (χ0v) is 13.4. The van der Waals surface area contributed by atoms with Gasteiger partial charge in [0.15, 0.2) is 5.78 Å². The lowest BCUT2D eigenvalue weighted by Crippen LogP contribution is -2.23. The number of hydrogen-bond donors (Lipinski definition) is 1. The van der Waals surface area contributed by atoms with Crippen LogP contribution in [-0.4, -0.2) is 31.8 Å². The molecule has 8 heteroatoms. The number of carbonyl (C=O) groups is 1. The highest BCUT2D eigenvalue weighted by molar-refractivity contribution is 7.99. The molecule has 1 aliphatic carbocycles. The third-order valence-corrected chi connectivity index (χ3v) is 5.62. The molecule has 1 saturated carbocycles. The maximum absolute atomic E-state index is 12.3. The van der Waals surface area contributed by atoms with E-state index >= 15 is 0 Å². The first kappa shape index (κ1) is 16.5. The van der Waals surface area contributed by atoms with Crippen LogP contribution in [0, 0.1) is 5.92 Å². The molecule has 2 rings (SSSR count). The lowest BCUT2D eigenvalue weighted by molar-refractivity contribution is -0.132. The van der Waals surface area contributed by atoms with E-state index in [-0.39, 0.29) is 18.2 Å². The van der Waals surface area contributed by atoms with E-state index in [1.165, 1.54) is 28.0 Å². The van der Waals surface area contributed by atoms with Crippen molar-refractivity contribution in [1.29, 1.82) is 0 Å². The van der Waals surface area contributed by atoms with Crippen molar-refractivity contribution in [1.82, 2.24) is 0 Å². The van der Waals surface area contributed by atoms with Crippen molar-refractivity contribution >= 4 is 39.6 Å². The van der Waals surface area contributed by atoms with Gasteiger partial charge in [0.05, 0.1) is 21.9 Å². The summed E-state index contributed by atoms with van der Waals surface area (Å²) in [6, 6.07) is 0. The molecular weight excluding hydrogens is 321 g/mol. The Balaban J connectivity index is 2.21. The Morgan fingerprint density at radius 2 is 2.10 bits per heavy atom. The fourth-order valence-electron chi connectivity index (χ4n) is 1.97. The summed E-state index contributed by atoms with van der Waals surface area (Å²) in [6.45, 7) is -0.145. The number of nitrogens with zero attached hydrogens (tertiary/aromatic N) is 1. The number of thioether (sulfide) groups is 1. The van der Waals surface area contributed by atoms with Gasteiger partial charge in [0.1, 0.15) is 5.00 Å². The molecule has 21 heavy (non-hydrogen) atoms. The predicted molar refractivity (Wildman–Crippen MR) is 81.5 cm³/mol. The maximum Gasteiger partial charge on any atom is 0.390 e. The van der Waals surface area contributed by atoms with E-state index in [4.69, 9.17) is 5.73 Å². The van der Waals surface area contributed by atoms with Crippen molar-refractivity contribution in [3.05, 3.63) is 4.88 Å². The second kappa shape index (κ2) is 6.08. The minimum Gasteiger partial charge on any atom is -0.396 e. The third-order valence-electron chi connectivity index (χ3n) is 3.34. The average Bonchev–Trinajstić information content (AvgIpc) is 3.18. The van der Waals surface area contributed by atoms with Crippen LogP contribution < -0.4 is 10.6 Å². The first-order chi connectivity index (χ1) is 9.74. The molecule has 0 saturated heterocycles. The Labute approximate surface area is 129 Å². The number of nitrogens with two attached hydrogens (primary N) is 1. The van der Waals surface area contributed by atoms with Crippen molar-refractivity contribution in [2.75, 3.05) is 30.5 Å². The van der Waals surface area contributed by atoms with Crippen LogP contribution in [0.15, 0.2) is 4.90 Å². The molecule has 0 unspecified atom stereocenters. The fourth-order valence-corrected chi connectivity index (χ4v) is 4.19. The van der Waals surface area contributed by atoms with Gasteiger partial charge in [-0.1, -0.05) is 0 Å². The highest BCUT2D eigenvalue weighted by Gasteiger charge is 2.35. The molecule has 0 bridgehead atoms. The zero-order valence-electron chi connectivity index (χ0n) is 11.8. The van der Waals surface area contributed by atoms with Crippen molar-refractivity contribution in [3.8, 4) is 0 Å². The van der Waals surface area contributed by atoms with Crippen molar-refractivity contribution < 1.29 is 18.0 Å². The van der Waals surface area contributed by atoms with Crippen LogP contribution in [0.25, 0.3) is 0 Å². The quantitative estimate of drug-likeness (QED) is 0.628. The highest BCUT2D eigenvalue weighted by Crippen LogP contribution is 2.46. The van der Waals surface area contributed by atoms with Gasteiger partial charge < -0.3 is 10.6 Å². The number of halogens is 3. The Morgan fingerprint density at radius 3 is 2.57 bits per heavy atom. The predicted octanol–water partition coefficient (Wildman–Crippen LogP) is 4.03. The summed E-state index contributed by atoms with van der Waals surface area (Å²) in [7, 11) is 1.60. The van der Waals surface area contributed by atoms with Crippen LogP contribution in [0.3, 0.4) is 0 Å². The Morgan fingerprint density at radius 1 is 1.48 bits per heavy atom. The molecule has 0 amide bonds. The van der Waals surface area contributed by atoms with Gasteiger partial charge in [-0.05, 0) is 19.1 Å². The minimum absolute atomic E-state index is 0.0308. The molecule has 118 valence electrons. The standard InChI is InChI=1S/C13H17F3N2OS2/c1-18(6-5-13(14,15)16)12-11(20-2)8(17)10(21-12)9(19)7-3-4-7/h7H,3-6,17H2,1-2H3. The molecule has 0 radical (unpaired) electrons. The van der Waals surface area contributed by atoms with E-state index < -0.39 is 12.6 Å². The monoisotopic (exact) mass is 338 g/mol. The molecule has 1 aromatic rings. The second-order valence-electron chi connectivity index (χ2n) is 5.11. The van der Waals surface area contributed by atoms with Gasteiger partial charge in [0, 0.05) is 19.5 Å². The topological polar surface area (TPSA) is 46.3 Å². The Bertz CT molecular complexity index is 538. The molecule has 1 fully saturated rings. The van der Waals surface area contributed by atoms with Crippen LogP contribution in [0.4, 0.5) is 23.9 Å². The summed E-state index contributed by atoms with van der Waals surface area (Å²) in [6.07, 6.45) is -1.51. The molecule has 1 aliphatic rings. The molecule has 0 aliphatic heterocycles. The molecule has 3 nitrogen and oxygen atoms in total. The van der Waals surface area contributed by atoms with Crippen LogP contribution >= 0.6 is 23.1 Å².